The van der Waals surface area contributed by atoms with Crippen LogP contribution in [0.25, 0.3) is 0 Å². The predicted molar refractivity (Wildman–Crippen MR) is 79.8 cm³/mol. The van der Waals surface area contributed by atoms with Gasteiger partial charge in [-0.15, -0.1) is 0 Å². The summed E-state index contributed by atoms with van der Waals surface area (Å²) < 4.78 is 11.0. The van der Waals surface area contributed by atoms with Gasteiger partial charge < -0.3 is 19.9 Å². The van der Waals surface area contributed by atoms with Crippen molar-refractivity contribution in [2.45, 2.75) is 32.4 Å². The lowest BCUT2D eigenvalue weighted by Crippen LogP contribution is -2.32. The molecule has 1 rings (SSSR count). The van der Waals surface area contributed by atoms with E-state index < -0.39 is 0 Å². The number of phenols is 1. The fourth-order valence-corrected chi connectivity index (χ4v) is 2.43. The number of nitrogens with one attached hydrogen (secondary N) is 1. The summed E-state index contributed by atoms with van der Waals surface area (Å²) in [6.07, 6.45) is 2.19. The fraction of sp³-hybridized carbons (Fsp3) is 0.571. The summed E-state index contributed by atoms with van der Waals surface area (Å²) in [5, 5.41) is 13.2. The standard InChI is InChI=1S/C14H22BrNO3/c1-4-5-11(9-18-2)16-8-10-6-12(15)14(17)13(7-10)19-3/h6-7,11,16-17H,4-5,8-9H2,1-3H3. The molecule has 108 valence electrons. The van der Waals surface area contributed by atoms with Gasteiger partial charge in [0.05, 0.1) is 18.2 Å². The topological polar surface area (TPSA) is 50.7 Å². The number of phenolic OH excluding ortho intramolecular Hbond substituents is 1. The third-order valence-corrected chi connectivity index (χ3v) is 3.51. The Morgan fingerprint density at radius 1 is 1.37 bits per heavy atom. The summed E-state index contributed by atoms with van der Waals surface area (Å²) in [6.45, 7) is 3.57. The fourth-order valence-electron chi connectivity index (χ4n) is 1.94. The van der Waals surface area contributed by atoms with Gasteiger partial charge in [-0.2, -0.15) is 0 Å². The first-order chi connectivity index (χ1) is 9.12. The highest BCUT2D eigenvalue weighted by atomic mass is 79.9. The van der Waals surface area contributed by atoms with Crippen LogP contribution in [0.1, 0.15) is 25.3 Å². The molecule has 0 spiro atoms. The Morgan fingerprint density at radius 2 is 2.11 bits per heavy atom. The van der Waals surface area contributed by atoms with Gasteiger partial charge in [-0.1, -0.05) is 13.3 Å². The van der Waals surface area contributed by atoms with Crippen LogP contribution in [0.5, 0.6) is 11.5 Å². The molecule has 0 bridgehead atoms. The van der Waals surface area contributed by atoms with E-state index >= 15 is 0 Å². The first-order valence-electron chi connectivity index (χ1n) is 6.40. The van der Waals surface area contributed by atoms with Crippen LogP contribution < -0.4 is 10.1 Å². The second-order valence-electron chi connectivity index (χ2n) is 4.45. The molecule has 0 saturated carbocycles. The zero-order valence-corrected chi connectivity index (χ0v) is 13.3. The largest absolute Gasteiger partial charge is 0.503 e. The van der Waals surface area contributed by atoms with E-state index in [0.717, 1.165) is 18.4 Å². The minimum absolute atomic E-state index is 0.133. The monoisotopic (exact) mass is 331 g/mol. The Kier molecular flexibility index (Phi) is 7.20. The van der Waals surface area contributed by atoms with Crippen molar-refractivity contribution in [1.29, 1.82) is 0 Å². The summed E-state index contributed by atoms with van der Waals surface area (Å²) in [7, 11) is 3.26. The SMILES string of the molecule is CCCC(COC)NCc1cc(Br)c(O)c(OC)c1. The summed E-state index contributed by atoms with van der Waals surface area (Å²) in [5.41, 5.74) is 1.05. The van der Waals surface area contributed by atoms with Crippen LogP contribution in [0.3, 0.4) is 0 Å². The second kappa shape index (κ2) is 8.40. The van der Waals surface area contributed by atoms with Crippen molar-refractivity contribution in [1.82, 2.24) is 5.32 Å². The van der Waals surface area contributed by atoms with Crippen molar-refractivity contribution < 1.29 is 14.6 Å². The molecule has 19 heavy (non-hydrogen) atoms. The maximum absolute atomic E-state index is 9.76. The minimum atomic E-state index is 0.133. The molecule has 4 nitrogen and oxygen atoms in total. The van der Waals surface area contributed by atoms with Gasteiger partial charge in [0.25, 0.3) is 0 Å². The van der Waals surface area contributed by atoms with Crippen LogP contribution in [-0.4, -0.2) is 32.0 Å². The average molecular weight is 332 g/mol. The Hall–Kier alpha value is -0.780. The van der Waals surface area contributed by atoms with Gasteiger partial charge in [0, 0.05) is 19.7 Å². The Balaban J connectivity index is 2.68. The molecule has 0 saturated heterocycles. The van der Waals surface area contributed by atoms with Crippen LogP contribution in [-0.2, 0) is 11.3 Å². The van der Waals surface area contributed by atoms with Crippen molar-refractivity contribution in [3.05, 3.63) is 22.2 Å². The number of rotatable bonds is 8. The number of halogens is 1. The molecular weight excluding hydrogens is 310 g/mol. The predicted octanol–water partition coefficient (Wildman–Crippen LogP) is 3.07. The Labute approximate surface area is 123 Å². The molecule has 0 aliphatic heterocycles. The first-order valence-corrected chi connectivity index (χ1v) is 7.19. The zero-order valence-electron chi connectivity index (χ0n) is 11.7. The van der Waals surface area contributed by atoms with Crippen LogP contribution in [0.2, 0.25) is 0 Å². The highest BCUT2D eigenvalue weighted by molar-refractivity contribution is 9.10. The zero-order chi connectivity index (χ0) is 14.3. The molecule has 2 N–H and O–H groups in total. The molecular formula is C14H22BrNO3. The lowest BCUT2D eigenvalue weighted by Gasteiger charge is -2.17. The van der Waals surface area contributed by atoms with Gasteiger partial charge in [-0.25, -0.2) is 0 Å². The van der Waals surface area contributed by atoms with Crippen molar-refractivity contribution >= 4 is 15.9 Å². The van der Waals surface area contributed by atoms with E-state index in [0.29, 0.717) is 29.4 Å². The van der Waals surface area contributed by atoms with Gasteiger partial charge in [0.15, 0.2) is 11.5 Å². The maximum Gasteiger partial charge on any atom is 0.172 e. The molecule has 0 amide bonds. The number of hydrogen-bond acceptors (Lipinski definition) is 4. The van der Waals surface area contributed by atoms with Gasteiger partial charge in [0.1, 0.15) is 0 Å². The summed E-state index contributed by atoms with van der Waals surface area (Å²) >= 11 is 3.32. The summed E-state index contributed by atoms with van der Waals surface area (Å²) in [4.78, 5) is 0. The smallest absolute Gasteiger partial charge is 0.172 e. The Bertz CT molecular complexity index is 393. The lowest BCUT2D eigenvalue weighted by molar-refractivity contribution is 0.161. The normalized spacial score (nSPS) is 12.4. The number of benzene rings is 1. The highest BCUT2D eigenvalue weighted by Crippen LogP contribution is 2.35. The van der Waals surface area contributed by atoms with Gasteiger partial charge in [-0.05, 0) is 40.0 Å². The third-order valence-electron chi connectivity index (χ3n) is 2.91. The Morgan fingerprint density at radius 3 is 2.68 bits per heavy atom. The molecule has 0 radical (unpaired) electrons. The number of aromatic hydroxyl groups is 1. The quantitative estimate of drug-likeness (QED) is 0.768. The van der Waals surface area contributed by atoms with Crippen LogP contribution in [0.4, 0.5) is 0 Å². The van der Waals surface area contributed by atoms with E-state index in [-0.39, 0.29) is 5.75 Å². The molecule has 0 aliphatic rings. The molecule has 5 heteroatoms. The highest BCUT2D eigenvalue weighted by Gasteiger charge is 2.11. The molecule has 0 aliphatic carbocycles. The van der Waals surface area contributed by atoms with Crippen molar-refractivity contribution in [2.24, 2.45) is 0 Å². The summed E-state index contributed by atoms with van der Waals surface area (Å²) in [6, 6.07) is 4.07. The van der Waals surface area contributed by atoms with Gasteiger partial charge in [0.2, 0.25) is 0 Å². The second-order valence-corrected chi connectivity index (χ2v) is 5.30. The molecule has 1 atom stereocenters. The number of hydrogen-bond donors (Lipinski definition) is 2. The first kappa shape index (κ1) is 16.3. The van der Waals surface area contributed by atoms with Gasteiger partial charge in [-0.3, -0.25) is 0 Å². The van der Waals surface area contributed by atoms with Crippen LogP contribution in [0, 0.1) is 0 Å². The van der Waals surface area contributed by atoms with Crippen molar-refractivity contribution in [3.8, 4) is 11.5 Å². The van der Waals surface area contributed by atoms with E-state index in [9.17, 15) is 5.11 Å². The summed E-state index contributed by atoms with van der Waals surface area (Å²) in [5.74, 6) is 0.609. The molecule has 1 unspecified atom stereocenters. The van der Waals surface area contributed by atoms with E-state index in [2.05, 4.69) is 28.2 Å². The number of methoxy groups -OCH3 is 2. The molecule has 0 fully saturated rings. The molecule has 0 heterocycles. The van der Waals surface area contributed by atoms with E-state index in [1.807, 2.05) is 12.1 Å². The average Bonchev–Trinajstić information content (AvgIpc) is 2.40. The van der Waals surface area contributed by atoms with E-state index in [1.54, 1.807) is 14.2 Å². The van der Waals surface area contributed by atoms with Crippen molar-refractivity contribution in [2.75, 3.05) is 20.8 Å². The van der Waals surface area contributed by atoms with E-state index in [4.69, 9.17) is 9.47 Å². The van der Waals surface area contributed by atoms with Crippen LogP contribution >= 0.6 is 15.9 Å². The minimum Gasteiger partial charge on any atom is -0.503 e. The van der Waals surface area contributed by atoms with Crippen molar-refractivity contribution in [3.63, 3.8) is 0 Å². The molecule has 1 aromatic rings. The third kappa shape index (κ3) is 5.01. The van der Waals surface area contributed by atoms with Gasteiger partial charge >= 0.3 is 0 Å². The molecule has 1 aromatic carbocycles. The number of ether oxygens (including phenoxy) is 2. The van der Waals surface area contributed by atoms with Crippen LogP contribution in [0.15, 0.2) is 16.6 Å². The lowest BCUT2D eigenvalue weighted by atomic mass is 10.1. The van der Waals surface area contributed by atoms with E-state index in [1.165, 1.54) is 0 Å². The maximum atomic E-state index is 9.76. The molecule has 0 aromatic heterocycles.